The molecule has 0 heterocycles. The second-order valence-corrected chi connectivity index (χ2v) is 2.44. The Morgan fingerprint density at radius 1 is 1.62 bits per heavy atom. The van der Waals surface area contributed by atoms with Gasteiger partial charge >= 0.3 is 0 Å². The van der Waals surface area contributed by atoms with E-state index < -0.39 is 0 Å². The lowest BCUT2D eigenvalue weighted by atomic mass is 10.2. The lowest BCUT2D eigenvalue weighted by molar-refractivity contribution is 0.295. The predicted octanol–water partition coefficient (Wildman–Crippen LogP) is 1.60. The number of nitrogens with zero attached hydrogens (tertiary/aromatic N) is 1. The van der Waals surface area contributed by atoms with Gasteiger partial charge in [-0.25, -0.2) is 0 Å². The number of hydrogen-bond donors (Lipinski definition) is 1. The highest BCUT2D eigenvalue weighted by Gasteiger charge is 2.01. The Kier molecular flexibility index (Phi) is 4.38. The van der Waals surface area contributed by atoms with Gasteiger partial charge in [0.1, 0.15) is 0 Å². The van der Waals surface area contributed by atoms with E-state index in [9.17, 15) is 0 Å². The topological polar surface area (TPSA) is 3.24 Å². The molecule has 8 heavy (non-hydrogen) atoms. The average molecular weight is 133 g/mol. The third kappa shape index (κ3) is 2.58. The van der Waals surface area contributed by atoms with Crippen LogP contribution in [-0.2, 0) is 0 Å². The van der Waals surface area contributed by atoms with Crippen LogP contribution in [0.2, 0.25) is 0 Å². The molecule has 0 saturated heterocycles. The first kappa shape index (κ1) is 8.31. The molecular formula is C6H15NS. The third-order valence-corrected chi connectivity index (χ3v) is 2.01. The van der Waals surface area contributed by atoms with Crippen LogP contribution >= 0.6 is 12.6 Å². The highest BCUT2D eigenvalue weighted by atomic mass is 32.1. The number of rotatable bonds is 3. The summed E-state index contributed by atoms with van der Waals surface area (Å²) >= 11 is 4.13. The molecule has 0 fully saturated rings. The zero-order valence-electron chi connectivity index (χ0n) is 5.89. The second-order valence-electron chi connectivity index (χ2n) is 2.16. The van der Waals surface area contributed by atoms with E-state index in [4.69, 9.17) is 0 Å². The molecule has 1 unspecified atom stereocenters. The zero-order valence-corrected chi connectivity index (χ0v) is 6.78. The smallest absolute Gasteiger partial charge is 0.0414 e. The summed E-state index contributed by atoms with van der Waals surface area (Å²) in [5.41, 5.74) is 0. The molecule has 0 spiro atoms. The molecule has 2 heteroatoms. The first-order chi connectivity index (χ1) is 3.72. The van der Waals surface area contributed by atoms with E-state index >= 15 is 0 Å². The molecule has 0 amide bonds. The van der Waals surface area contributed by atoms with E-state index in [1.807, 2.05) is 0 Å². The van der Waals surface area contributed by atoms with Gasteiger partial charge in [-0.1, -0.05) is 6.92 Å². The van der Waals surface area contributed by atoms with Gasteiger partial charge in [0, 0.05) is 11.9 Å². The molecule has 0 rings (SSSR count). The van der Waals surface area contributed by atoms with Gasteiger partial charge < -0.3 is 0 Å². The van der Waals surface area contributed by atoms with Crippen molar-refractivity contribution in [3.05, 3.63) is 0 Å². The summed E-state index contributed by atoms with van der Waals surface area (Å²) in [7, 11) is 2.08. The van der Waals surface area contributed by atoms with Crippen LogP contribution in [0.1, 0.15) is 20.3 Å². The largest absolute Gasteiger partial charge is 0.295 e. The van der Waals surface area contributed by atoms with Crippen LogP contribution in [0, 0.1) is 0 Å². The van der Waals surface area contributed by atoms with E-state index in [1.165, 1.54) is 6.42 Å². The van der Waals surface area contributed by atoms with Gasteiger partial charge in [0.15, 0.2) is 0 Å². The van der Waals surface area contributed by atoms with E-state index in [2.05, 4.69) is 38.4 Å². The third-order valence-electron chi connectivity index (χ3n) is 1.57. The van der Waals surface area contributed by atoms with Gasteiger partial charge in [0.05, 0.1) is 0 Å². The molecular weight excluding hydrogens is 118 g/mol. The van der Waals surface area contributed by atoms with E-state index in [-0.39, 0.29) is 0 Å². The molecule has 0 aromatic carbocycles. The van der Waals surface area contributed by atoms with Crippen molar-refractivity contribution in [1.82, 2.24) is 4.90 Å². The van der Waals surface area contributed by atoms with E-state index in [1.54, 1.807) is 0 Å². The average Bonchev–Trinajstić information content (AvgIpc) is 1.84. The molecule has 0 radical (unpaired) electrons. The summed E-state index contributed by atoms with van der Waals surface area (Å²) in [6.45, 7) is 4.39. The van der Waals surface area contributed by atoms with Crippen LogP contribution < -0.4 is 0 Å². The fourth-order valence-corrected chi connectivity index (χ4v) is 0.730. The first-order valence-electron chi connectivity index (χ1n) is 3.03. The Balaban J connectivity index is 3.29. The molecule has 0 aromatic heterocycles. The fraction of sp³-hybridized carbons (Fsp3) is 1.00. The van der Waals surface area contributed by atoms with Gasteiger partial charge in [-0.15, -0.1) is 0 Å². The van der Waals surface area contributed by atoms with Crippen LogP contribution in [0.15, 0.2) is 0 Å². The number of hydrogen-bond acceptors (Lipinski definition) is 2. The maximum absolute atomic E-state index is 4.13. The Bertz CT molecular complexity index is 48.5. The second kappa shape index (κ2) is 4.21. The standard InChI is InChI=1S/C6H15NS/c1-4-6(2)7(3)5-8/h6,8H,4-5H2,1-3H3. The molecule has 0 aliphatic heterocycles. The Morgan fingerprint density at radius 2 is 2.12 bits per heavy atom. The Labute approximate surface area is 57.5 Å². The molecule has 50 valence electrons. The summed E-state index contributed by atoms with van der Waals surface area (Å²) in [6, 6.07) is 0.674. The van der Waals surface area contributed by atoms with Crippen molar-refractivity contribution in [3.63, 3.8) is 0 Å². The monoisotopic (exact) mass is 133 g/mol. The van der Waals surface area contributed by atoms with Gasteiger partial charge in [-0.2, -0.15) is 12.6 Å². The summed E-state index contributed by atoms with van der Waals surface area (Å²) in [5.74, 6) is 0.856. The van der Waals surface area contributed by atoms with Crippen molar-refractivity contribution >= 4 is 12.6 Å². The maximum Gasteiger partial charge on any atom is 0.0414 e. The summed E-state index contributed by atoms with van der Waals surface area (Å²) < 4.78 is 0. The normalized spacial score (nSPS) is 14.6. The minimum atomic E-state index is 0.674. The van der Waals surface area contributed by atoms with Gasteiger partial charge in [-0.05, 0) is 20.4 Å². The fourth-order valence-electron chi connectivity index (χ4n) is 0.451. The van der Waals surface area contributed by atoms with Crippen molar-refractivity contribution in [2.45, 2.75) is 26.3 Å². The summed E-state index contributed by atoms with van der Waals surface area (Å²) in [6.07, 6.45) is 1.21. The highest BCUT2D eigenvalue weighted by molar-refractivity contribution is 7.80. The van der Waals surface area contributed by atoms with Gasteiger partial charge in [0.25, 0.3) is 0 Å². The van der Waals surface area contributed by atoms with Crippen LogP contribution in [0.3, 0.4) is 0 Å². The van der Waals surface area contributed by atoms with Crippen LogP contribution in [0.5, 0.6) is 0 Å². The molecule has 0 N–H and O–H groups in total. The zero-order chi connectivity index (χ0) is 6.57. The molecule has 0 aromatic rings. The minimum Gasteiger partial charge on any atom is -0.295 e. The van der Waals surface area contributed by atoms with Gasteiger partial charge in [0.2, 0.25) is 0 Å². The van der Waals surface area contributed by atoms with Gasteiger partial charge in [-0.3, -0.25) is 4.90 Å². The first-order valence-corrected chi connectivity index (χ1v) is 3.66. The number of thiol groups is 1. The summed E-state index contributed by atoms with van der Waals surface area (Å²) in [4.78, 5) is 2.21. The predicted molar refractivity (Wildman–Crippen MR) is 41.4 cm³/mol. The van der Waals surface area contributed by atoms with Crippen molar-refractivity contribution in [2.24, 2.45) is 0 Å². The molecule has 1 atom stereocenters. The molecule has 0 saturated carbocycles. The van der Waals surface area contributed by atoms with E-state index in [0.29, 0.717) is 6.04 Å². The quantitative estimate of drug-likeness (QED) is 0.452. The molecule has 0 bridgehead atoms. The summed E-state index contributed by atoms with van der Waals surface area (Å²) in [5, 5.41) is 0. The van der Waals surface area contributed by atoms with Crippen molar-refractivity contribution < 1.29 is 0 Å². The van der Waals surface area contributed by atoms with Crippen molar-refractivity contribution in [2.75, 3.05) is 12.9 Å². The van der Waals surface area contributed by atoms with Crippen LogP contribution in [0.25, 0.3) is 0 Å². The molecule has 1 nitrogen and oxygen atoms in total. The SMILES string of the molecule is CCC(C)N(C)CS. The van der Waals surface area contributed by atoms with E-state index in [0.717, 1.165) is 5.88 Å². The van der Waals surface area contributed by atoms with Crippen molar-refractivity contribution in [1.29, 1.82) is 0 Å². The highest BCUT2D eigenvalue weighted by Crippen LogP contribution is 1.99. The molecule has 0 aliphatic rings. The molecule has 0 aliphatic carbocycles. The Hall–Kier alpha value is 0.310. The lowest BCUT2D eigenvalue weighted by Crippen LogP contribution is -2.26. The van der Waals surface area contributed by atoms with Crippen LogP contribution in [0.4, 0.5) is 0 Å². The van der Waals surface area contributed by atoms with Crippen LogP contribution in [-0.4, -0.2) is 23.9 Å². The lowest BCUT2D eigenvalue weighted by Gasteiger charge is -2.20. The maximum atomic E-state index is 4.13. The Morgan fingerprint density at radius 3 is 2.25 bits per heavy atom. The minimum absolute atomic E-state index is 0.674. The van der Waals surface area contributed by atoms with Crippen molar-refractivity contribution in [3.8, 4) is 0 Å².